The number of hydrogen-bond donors (Lipinski definition) is 2. The highest BCUT2D eigenvalue weighted by Gasteiger charge is 2.26. The van der Waals surface area contributed by atoms with Crippen molar-refractivity contribution in [2.45, 2.75) is 26.4 Å². The van der Waals surface area contributed by atoms with Crippen LogP contribution < -0.4 is 5.32 Å². The van der Waals surface area contributed by atoms with Gasteiger partial charge in [-0.25, -0.2) is 4.79 Å². The Hall–Kier alpha value is -2.18. The van der Waals surface area contributed by atoms with Crippen molar-refractivity contribution in [2.75, 3.05) is 13.1 Å². The number of amides is 1. The topological polar surface area (TPSA) is 69.6 Å². The zero-order valence-electron chi connectivity index (χ0n) is 13.7. The maximum atomic E-state index is 12.6. The fraction of sp³-hybridized carbons (Fsp3) is 0.333. The molecule has 0 fully saturated rings. The van der Waals surface area contributed by atoms with E-state index in [1.54, 1.807) is 13.0 Å². The first kappa shape index (κ1) is 16.7. The molecule has 6 heteroatoms. The minimum atomic E-state index is -0.989. The SMILES string of the molecule is CCN1Cc2ccccc2C(NC(=O)c2cc(C)c(C(=O)O)s2)C1. The number of rotatable bonds is 4. The molecule has 2 heterocycles. The predicted molar refractivity (Wildman–Crippen MR) is 93.6 cm³/mol. The zero-order chi connectivity index (χ0) is 17.3. The minimum absolute atomic E-state index is 0.0851. The molecule has 0 spiro atoms. The number of nitrogens with zero attached hydrogens (tertiary/aromatic N) is 1. The van der Waals surface area contributed by atoms with Crippen molar-refractivity contribution in [1.29, 1.82) is 0 Å². The van der Waals surface area contributed by atoms with Crippen molar-refractivity contribution in [3.8, 4) is 0 Å². The van der Waals surface area contributed by atoms with Crippen LogP contribution >= 0.6 is 11.3 Å². The van der Waals surface area contributed by atoms with Crippen LogP contribution in [0.1, 0.15) is 49.0 Å². The van der Waals surface area contributed by atoms with E-state index < -0.39 is 5.97 Å². The third-order valence-corrected chi connectivity index (χ3v) is 5.58. The van der Waals surface area contributed by atoms with Gasteiger partial charge in [-0.3, -0.25) is 9.69 Å². The number of carbonyl (C=O) groups excluding carboxylic acids is 1. The second-order valence-corrected chi connectivity index (χ2v) is 7.03. The van der Waals surface area contributed by atoms with Gasteiger partial charge in [0.15, 0.2) is 0 Å². The van der Waals surface area contributed by atoms with Gasteiger partial charge in [-0.1, -0.05) is 31.2 Å². The standard InChI is InChI=1S/C18H20N2O3S/c1-3-20-9-12-6-4-5-7-13(12)14(10-20)19-17(21)15-8-11(2)16(24-15)18(22)23/h4-8,14H,3,9-10H2,1-2H3,(H,19,21)(H,22,23). The maximum Gasteiger partial charge on any atom is 0.346 e. The molecule has 5 nitrogen and oxygen atoms in total. The quantitative estimate of drug-likeness (QED) is 0.894. The van der Waals surface area contributed by atoms with Crippen molar-refractivity contribution in [2.24, 2.45) is 0 Å². The molecule has 3 rings (SSSR count). The van der Waals surface area contributed by atoms with Crippen LogP contribution in [0.15, 0.2) is 30.3 Å². The van der Waals surface area contributed by atoms with Gasteiger partial charge in [-0.15, -0.1) is 11.3 Å². The maximum absolute atomic E-state index is 12.6. The van der Waals surface area contributed by atoms with Crippen molar-refractivity contribution in [3.63, 3.8) is 0 Å². The first-order chi connectivity index (χ1) is 11.5. The average molecular weight is 344 g/mol. The summed E-state index contributed by atoms with van der Waals surface area (Å²) in [6.07, 6.45) is 0. The molecule has 0 aliphatic carbocycles. The third-order valence-electron chi connectivity index (χ3n) is 4.35. The number of thiophene rings is 1. The summed E-state index contributed by atoms with van der Waals surface area (Å²) in [6, 6.07) is 9.70. The number of carboxylic acid groups (broad SMARTS) is 1. The second-order valence-electron chi connectivity index (χ2n) is 5.98. The van der Waals surface area contributed by atoms with Crippen LogP contribution in [0.5, 0.6) is 0 Å². The zero-order valence-corrected chi connectivity index (χ0v) is 14.5. The Balaban J connectivity index is 1.83. The smallest absolute Gasteiger partial charge is 0.346 e. The Labute approximate surface area is 144 Å². The fourth-order valence-corrected chi connectivity index (χ4v) is 3.99. The summed E-state index contributed by atoms with van der Waals surface area (Å²) in [4.78, 5) is 26.7. The molecular weight excluding hydrogens is 324 g/mol. The summed E-state index contributed by atoms with van der Waals surface area (Å²) < 4.78 is 0. The number of hydrogen-bond acceptors (Lipinski definition) is 4. The lowest BCUT2D eigenvalue weighted by atomic mass is 9.95. The monoisotopic (exact) mass is 344 g/mol. The summed E-state index contributed by atoms with van der Waals surface area (Å²) in [7, 11) is 0. The lowest BCUT2D eigenvalue weighted by molar-refractivity contribution is 0.0701. The van der Waals surface area contributed by atoms with E-state index in [1.807, 2.05) is 12.1 Å². The number of benzene rings is 1. The van der Waals surface area contributed by atoms with Crippen molar-refractivity contribution in [3.05, 3.63) is 56.8 Å². The Morgan fingerprint density at radius 3 is 2.79 bits per heavy atom. The lowest BCUT2D eigenvalue weighted by Gasteiger charge is -2.34. The Kier molecular flexibility index (Phi) is 4.69. The van der Waals surface area contributed by atoms with E-state index in [0.717, 1.165) is 36.5 Å². The summed E-state index contributed by atoms with van der Waals surface area (Å²) in [5, 5.41) is 12.2. The molecule has 0 bridgehead atoms. The molecular formula is C18H20N2O3S. The molecule has 1 aliphatic rings. The van der Waals surface area contributed by atoms with Crippen LogP contribution in [0.4, 0.5) is 0 Å². The van der Waals surface area contributed by atoms with Crippen molar-refractivity contribution >= 4 is 23.2 Å². The number of fused-ring (bicyclic) bond motifs is 1. The fourth-order valence-electron chi connectivity index (χ4n) is 3.08. The van der Waals surface area contributed by atoms with Crippen LogP contribution in [0.2, 0.25) is 0 Å². The third kappa shape index (κ3) is 3.20. The van der Waals surface area contributed by atoms with Gasteiger partial charge in [0, 0.05) is 13.1 Å². The molecule has 1 aromatic carbocycles. The number of aromatic carboxylic acids is 1. The second kappa shape index (κ2) is 6.75. The van der Waals surface area contributed by atoms with Crippen LogP contribution in [0.3, 0.4) is 0 Å². The summed E-state index contributed by atoms with van der Waals surface area (Å²) in [5.74, 6) is -1.20. The number of carbonyl (C=O) groups is 2. The predicted octanol–water partition coefficient (Wildman–Crippen LogP) is 3.06. The molecule has 2 N–H and O–H groups in total. The molecule has 1 aromatic heterocycles. The summed E-state index contributed by atoms with van der Waals surface area (Å²) >= 11 is 1.03. The van der Waals surface area contributed by atoms with Gasteiger partial charge in [0.05, 0.1) is 10.9 Å². The van der Waals surface area contributed by atoms with Crippen molar-refractivity contribution in [1.82, 2.24) is 10.2 Å². The first-order valence-electron chi connectivity index (χ1n) is 7.94. The van der Waals surface area contributed by atoms with E-state index >= 15 is 0 Å². The normalized spacial score (nSPS) is 17.3. The molecule has 0 saturated heterocycles. The molecule has 24 heavy (non-hydrogen) atoms. The van der Waals surface area contributed by atoms with Crippen LogP contribution in [0.25, 0.3) is 0 Å². The Morgan fingerprint density at radius 2 is 2.12 bits per heavy atom. The highest BCUT2D eigenvalue weighted by atomic mass is 32.1. The molecule has 0 saturated carbocycles. The highest BCUT2D eigenvalue weighted by Crippen LogP contribution is 2.28. The number of likely N-dealkylation sites (N-methyl/N-ethyl adjacent to an activating group) is 1. The molecule has 1 amide bonds. The number of carboxylic acids is 1. The molecule has 1 atom stereocenters. The average Bonchev–Trinajstić information content (AvgIpc) is 2.97. The number of aryl methyl sites for hydroxylation is 1. The summed E-state index contributed by atoms with van der Waals surface area (Å²) in [6.45, 7) is 6.39. The van der Waals surface area contributed by atoms with Gasteiger partial charge in [0.2, 0.25) is 0 Å². The molecule has 1 unspecified atom stereocenters. The van der Waals surface area contributed by atoms with E-state index in [0.29, 0.717) is 10.4 Å². The van der Waals surface area contributed by atoms with Gasteiger partial charge in [-0.2, -0.15) is 0 Å². The highest BCUT2D eigenvalue weighted by molar-refractivity contribution is 7.16. The van der Waals surface area contributed by atoms with Crippen molar-refractivity contribution < 1.29 is 14.7 Å². The van der Waals surface area contributed by atoms with Gasteiger partial charge in [0.25, 0.3) is 5.91 Å². The van der Waals surface area contributed by atoms with Crippen LogP contribution in [-0.4, -0.2) is 35.0 Å². The van der Waals surface area contributed by atoms with Gasteiger partial charge in [-0.05, 0) is 36.2 Å². The van der Waals surface area contributed by atoms with Gasteiger partial charge >= 0.3 is 5.97 Å². The van der Waals surface area contributed by atoms with Crippen LogP contribution in [-0.2, 0) is 6.54 Å². The Morgan fingerprint density at radius 1 is 1.38 bits per heavy atom. The van der Waals surface area contributed by atoms with Gasteiger partial charge in [0.1, 0.15) is 4.88 Å². The molecule has 2 aromatic rings. The van der Waals surface area contributed by atoms with E-state index in [9.17, 15) is 9.59 Å². The lowest BCUT2D eigenvalue weighted by Crippen LogP contribution is -2.41. The van der Waals surface area contributed by atoms with E-state index in [1.165, 1.54) is 5.56 Å². The first-order valence-corrected chi connectivity index (χ1v) is 8.76. The van der Waals surface area contributed by atoms with Gasteiger partial charge < -0.3 is 10.4 Å². The summed E-state index contributed by atoms with van der Waals surface area (Å²) in [5.41, 5.74) is 2.99. The number of nitrogens with one attached hydrogen (secondary N) is 1. The van der Waals surface area contributed by atoms with E-state index in [-0.39, 0.29) is 16.8 Å². The minimum Gasteiger partial charge on any atom is -0.477 e. The largest absolute Gasteiger partial charge is 0.477 e. The van der Waals surface area contributed by atoms with E-state index in [4.69, 9.17) is 5.11 Å². The van der Waals surface area contributed by atoms with Crippen LogP contribution in [0, 0.1) is 6.92 Å². The molecule has 126 valence electrons. The molecule has 0 radical (unpaired) electrons. The Bertz CT molecular complexity index is 784. The van der Waals surface area contributed by atoms with E-state index in [2.05, 4.69) is 29.3 Å². The molecule has 1 aliphatic heterocycles.